The van der Waals surface area contributed by atoms with Gasteiger partial charge in [-0.05, 0) is 12.1 Å². The maximum atomic E-state index is 10.2. The molecule has 0 aliphatic rings. The van der Waals surface area contributed by atoms with Crippen molar-refractivity contribution in [3.63, 3.8) is 0 Å². The predicted molar refractivity (Wildman–Crippen MR) is 35.6 cm³/mol. The maximum absolute atomic E-state index is 10.2. The van der Waals surface area contributed by atoms with E-state index in [1.165, 1.54) is 0 Å². The van der Waals surface area contributed by atoms with Crippen molar-refractivity contribution >= 4 is 5.97 Å². The Balaban J connectivity index is -0.000000101. The van der Waals surface area contributed by atoms with E-state index in [0.29, 0.717) is 5.56 Å². The van der Waals surface area contributed by atoms with Gasteiger partial charge >= 0.3 is 109 Å². The van der Waals surface area contributed by atoms with Crippen LogP contribution >= 0.6 is 0 Å². The van der Waals surface area contributed by atoms with Crippen molar-refractivity contribution in [2.24, 2.45) is 0 Å². The second-order valence-corrected chi connectivity index (χ2v) is 1.67. The molecular weight excluding hydrogens is 194 g/mol. The summed E-state index contributed by atoms with van der Waals surface area (Å²) >= 11 is 0. The Labute approximate surface area is 154 Å². The fourth-order valence-corrected chi connectivity index (χ4v) is 0.581. The van der Waals surface area contributed by atoms with Crippen molar-refractivity contribution in [2.75, 3.05) is 0 Å². The molecule has 2 nitrogen and oxygen atoms in total. The van der Waals surface area contributed by atoms with Crippen molar-refractivity contribution in [1.29, 1.82) is 0 Å². The number of benzene rings is 1. The number of hydrogen-bond donors (Lipinski definition) is 1. The molecule has 50 valence electrons. The molecule has 0 saturated carbocycles. The zero-order chi connectivity index (χ0) is 6.69. The minimum absolute atomic E-state index is 0. The minimum atomic E-state index is -0.879. The Hall–Kier alpha value is 1.96. The van der Waals surface area contributed by atoms with E-state index in [1.54, 1.807) is 30.3 Å². The topological polar surface area (TPSA) is 37.3 Å². The first-order valence-electron chi connectivity index (χ1n) is 2.59. The molecule has 1 aromatic rings. The van der Waals surface area contributed by atoms with Gasteiger partial charge in [0.15, 0.2) is 0 Å². The molecule has 0 aliphatic heterocycles. The van der Waals surface area contributed by atoms with Crippen molar-refractivity contribution < 1.29 is 116 Å². The number of aromatic carboxylic acids is 1. The molecule has 0 saturated heterocycles. The summed E-state index contributed by atoms with van der Waals surface area (Å²) in [4.78, 5) is 10.2. The number of carboxylic acids is 1. The molecule has 0 aliphatic carbocycles. The van der Waals surface area contributed by atoms with Gasteiger partial charge in [0.05, 0.1) is 5.56 Å². The fourth-order valence-electron chi connectivity index (χ4n) is 0.581. The van der Waals surface area contributed by atoms with Gasteiger partial charge in [-0.2, -0.15) is 0 Å². The Morgan fingerprint density at radius 2 is 1.64 bits per heavy atom. The van der Waals surface area contributed by atoms with E-state index in [1.807, 2.05) is 0 Å². The quantitative estimate of drug-likeness (QED) is 0.467. The average Bonchev–Trinajstić information content (AvgIpc) is 1.90. The third kappa shape index (κ3) is 6.09. The van der Waals surface area contributed by atoms with Gasteiger partial charge in [0, 0.05) is 0 Å². The van der Waals surface area contributed by atoms with Crippen molar-refractivity contribution in [3.8, 4) is 0 Å². The van der Waals surface area contributed by atoms with Gasteiger partial charge in [-0.1, -0.05) is 18.2 Å². The summed E-state index contributed by atoms with van der Waals surface area (Å²) in [7, 11) is 0. The SMILES string of the molecule is O=C(O)c1ccccc1.[H-].[H-].[K+].[K+]. The van der Waals surface area contributed by atoms with Crippen molar-refractivity contribution in [1.82, 2.24) is 0 Å². The smallest absolute Gasteiger partial charge is 1.00 e. The summed E-state index contributed by atoms with van der Waals surface area (Å²) in [5.74, 6) is -0.879. The summed E-state index contributed by atoms with van der Waals surface area (Å²) in [6.45, 7) is 0. The van der Waals surface area contributed by atoms with Crippen LogP contribution in [0.4, 0.5) is 0 Å². The van der Waals surface area contributed by atoms with E-state index in [-0.39, 0.29) is 106 Å². The first-order chi connectivity index (χ1) is 4.30. The molecule has 0 radical (unpaired) electrons. The van der Waals surface area contributed by atoms with Gasteiger partial charge in [0.1, 0.15) is 0 Å². The molecule has 0 fully saturated rings. The molecule has 0 spiro atoms. The first-order valence-corrected chi connectivity index (χ1v) is 2.59. The van der Waals surface area contributed by atoms with Crippen LogP contribution in [0.1, 0.15) is 13.2 Å². The van der Waals surface area contributed by atoms with E-state index in [2.05, 4.69) is 0 Å². The minimum Gasteiger partial charge on any atom is -1.00 e. The van der Waals surface area contributed by atoms with Crippen molar-refractivity contribution in [3.05, 3.63) is 35.9 Å². The predicted octanol–water partition coefficient (Wildman–Crippen LogP) is -4.38. The van der Waals surface area contributed by atoms with E-state index >= 15 is 0 Å². The van der Waals surface area contributed by atoms with Crippen LogP contribution in [0.3, 0.4) is 0 Å². The van der Waals surface area contributed by atoms with Crippen LogP contribution in [0.25, 0.3) is 0 Å². The zero-order valence-corrected chi connectivity index (χ0v) is 13.0. The van der Waals surface area contributed by atoms with E-state index in [4.69, 9.17) is 5.11 Å². The number of carboxylic acid groups (broad SMARTS) is 1. The third-order valence-electron chi connectivity index (χ3n) is 1.02. The molecular formula is C7H8K2O2. The van der Waals surface area contributed by atoms with E-state index < -0.39 is 5.97 Å². The average molecular weight is 202 g/mol. The number of hydrogen-bond acceptors (Lipinski definition) is 1. The molecule has 0 aromatic heterocycles. The monoisotopic (exact) mass is 202 g/mol. The molecule has 0 bridgehead atoms. The number of carbonyl (C=O) groups is 1. The van der Waals surface area contributed by atoms with Gasteiger partial charge in [-0.3, -0.25) is 0 Å². The zero-order valence-electron chi connectivity index (χ0n) is 8.74. The standard InChI is InChI=1S/C7H6O2.2K.2H/c8-7(9)6-4-2-1-3-5-6;;;;/h1-5H,(H,8,9);;;;/q;2*+1;2*-1. The van der Waals surface area contributed by atoms with Crippen LogP contribution in [0.5, 0.6) is 0 Å². The normalized spacial score (nSPS) is 7.27. The van der Waals surface area contributed by atoms with Crippen LogP contribution < -0.4 is 103 Å². The van der Waals surface area contributed by atoms with Gasteiger partial charge in [-0.25, -0.2) is 4.79 Å². The number of rotatable bonds is 1. The Morgan fingerprint density at radius 3 is 1.91 bits per heavy atom. The largest absolute Gasteiger partial charge is 1.00 e. The molecule has 4 heteroatoms. The van der Waals surface area contributed by atoms with Crippen LogP contribution in [0.15, 0.2) is 30.3 Å². The summed E-state index contributed by atoms with van der Waals surface area (Å²) in [6, 6.07) is 8.30. The summed E-state index contributed by atoms with van der Waals surface area (Å²) < 4.78 is 0. The van der Waals surface area contributed by atoms with Gasteiger partial charge in [0.2, 0.25) is 0 Å². The van der Waals surface area contributed by atoms with Gasteiger partial charge < -0.3 is 7.96 Å². The Kier molecular flexibility index (Phi) is 12.0. The van der Waals surface area contributed by atoms with Crippen LogP contribution in [0.2, 0.25) is 0 Å². The van der Waals surface area contributed by atoms with Crippen molar-refractivity contribution in [2.45, 2.75) is 0 Å². The first kappa shape index (κ1) is 15.4. The van der Waals surface area contributed by atoms with Gasteiger partial charge in [-0.15, -0.1) is 0 Å². The second-order valence-electron chi connectivity index (χ2n) is 1.67. The molecule has 1 rings (SSSR count). The van der Waals surface area contributed by atoms with Crippen LogP contribution in [-0.4, -0.2) is 11.1 Å². The van der Waals surface area contributed by atoms with Crippen LogP contribution in [-0.2, 0) is 0 Å². The summed E-state index contributed by atoms with van der Waals surface area (Å²) in [5, 5.41) is 8.38. The molecule has 11 heavy (non-hydrogen) atoms. The van der Waals surface area contributed by atoms with E-state index in [9.17, 15) is 4.79 Å². The molecule has 0 atom stereocenters. The molecule has 0 unspecified atom stereocenters. The van der Waals surface area contributed by atoms with E-state index in [0.717, 1.165) is 0 Å². The molecule has 0 amide bonds. The molecule has 1 aromatic carbocycles. The molecule has 0 heterocycles. The Morgan fingerprint density at radius 1 is 1.18 bits per heavy atom. The summed E-state index contributed by atoms with van der Waals surface area (Å²) in [5.41, 5.74) is 0.331. The third-order valence-corrected chi connectivity index (χ3v) is 1.02. The van der Waals surface area contributed by atoms with Gasteiger partial charge in [0.25, 0.3) is 0 Å². The molecule has 1 N–H and O–H groups in total. The second kappa shape index (κ2) is 8.56. The fraction of sp³-hybridized carbons (Fsp3) is 0. The van der Waals surface area contributed by atoms with Crippen LogP contribution in [0, 0.1) is 0 Å². The Bertz CT molecular complexity index is 219. The maximum Gasteiger partial charge on any atom is 1.00 e. The summed E-state index contributed by atoms with van der Waals surface area (Å²) in [6.07, 6.45) is 0.